The first-order chi connectivity index (χ1) is 4.77. The van der Waals surface area contributed by atoms with Crippen LogP contribution in [0.3, 0.4) is 0 Å². The summed E-state index contributed by atoms with van der Waals surface area (Å²) in [4.78, 5) is 0. The summed E-state index contributed by atoms with van der Waals surface area (Å²) in [7, 11) is 0. The second-order valence-electron chi connectivity index (χ2n) is 2.18. The molecule has 2 N–H and O–H groups in total. The van der Waals surface area contributed by atoms with Crippen LogP contribution in [0.4, 0.5) is 0 Å². The standard InChI is InChI=1S/C5H9IO4/c6-10-5-1-3(8)4(2-7)9-5/h3-5,7-8H,1-2H2/t3-,4+,5-/m0/s1. The molecular formula is C5H9IO4. The van der Waals surface area contributed by atoms with Crippen LogP contribution < -0.4 is 0 Å². The highest BCUT2D eigenvalue weighted by Gasteiger charge is 2.33. The largest absolute Gasteiger partial charge is 0.394 e. The number of rotatable bonds is 2. The minimum absolute atomic E-state index is 0.155. The Labute approximate surface area is 72.8 Å². The average molecular weight is 260 g/mol. The van der Waals surface area contributed by atoms with Crippen molar-refractivity contribution < 1.29 is 18.0 Å². The van der Waals surface area contributed by atoms with Gasteiger partial charge in [-0.2, -0.15) is 0 Å². The molecule has 0 amide bonds. The van der Waals surface area contributed by atoms with Crippen LogP contribution in [-0.4, -0.2) is 35.3 Å². The SMILES string of the molecule is OC[C@H]1O[C@@H](OI)C[C@@H]1O. The maximum atomic E-state index is 9.12. The van der Waals surface area contributed by atoms with E-state index < -0.39 is 12.2 Å². The van der Waals surface area contributed by atoms with Gasteiger partial charge in [-0.25, -0.2) is 0 Å². The fourth-order valence-corrected chi connectivity index (χ4v) is 1.24. The summed E-state index contributed by atoms with van der Waals surface area (Å²) in [5.74, 6) is 0. The molecule has 1 aliphatic rings. The molecule has 1 heterocycles. The van der Waals surface area contributed by atoms with Crippen LogP contribution in [0, 0.1) is 0 Å². The fraction of sp³-hybridized carbons (Fsp3) is 1.00. The van der Waals surface area contributed by atoms with Crippen molar-refractivity contribution in [3.05, 3.63) is 0 Å². The predicted molar refractivity (Wildman–Crippen MR) is 41.5 cm³/mol. The molecule has 1 saturated heterocycles. The smallest absolute Gasteiger partial charge is 0.172 e. The number of ether oxygens (including phenoxy) is 1. The van der Waals surface area contributed by atoms with Crippen LogP contribution in [0.25, 0.3) is 0 Å². The highest BCUT2D eigenvalue weighted by atomic mass is 127. The number of halogens is 1. The van der Waals surface area contributed by atoms with Crippen LogP contribution in [0.2, 0.25) is 0 Å². The summed E-state index contributed by atoms with van der Waals surface area (Å²) >= 11 is 1.71. The second-order valence-corrected chi connectivity index (χ2v) is 2.69. The Morgan fingerprint density at radius 2 is 2.40 bits per heavy atom. The molecule has 60 valence electrons. The van der Waals surface area contributed by atoms with Crippen molar-refractivity contribution >= 4 is 23.0 Å². The first-order valence-electron chi connectivity index (χ1n) is 2.99. The molecule has 0 unspecified atom stereocenters. The van der Waals surface area contributed by atoms with Gasteiger partial charge in [-0.3, -0.25) is 3.07 Å². The van der Waals surface area contributed by atoms with Gasteiger partial charge in [0.1, 0.15) is 29.1 Å². The van der Waals surface area contributed by atoms with Crippen LogP contribution in [0.1, 0.15) is 6.42 Å². The first kappa shape index (κ1) is 8.66. The number of hydrogen-bond donors (Lipinski definition) is 2. The zero-order valence-electron chi connectivity index (χ0n) is 5.24. The lowest BCUT2D eigenvalue weighted by atomic mass is 10.2. The molecular weight excluding hydrogens is 251 g/mol. The zero-order chi connectivity index (χ0) is 7.56. The first-order valence-corrected chi connectivity index (χ1v) is 3.87. The Morgan fingerprint density at radius 3 is 2.70 bits per heavy atom. The van der Waals surface area contributed by atoms with Crippen molar-refractivity contribution in [1.29, 1.82) is 0 Å². The van der Waals surface area contributed by atoms with Crippen LogP contribution >= 0.6 is 23.0 Å². The summed E-state index contributed by atoms with van der Waals surface area (Å²) in [6.07, 6.45) is -0.994. The van der Waals surface area contributed by atoms with E-state index in [2.05, 4.69) is 0 Å². The van der Waals surface area contributed by atoms with Gasteiger partial charge in [-0.1, -0.05) is 0 Å². The van der Waals surface area contributed by atoms with Gasteiger partial charge in [0.25, 0.3) is 0 Å². The topological polar surface area (TPSA) is 58.9 Å². The normalized spacial score (nSPS) is 40.5. The molecule has 0 bridgehead atoms. The maximum absolute atomic E-state index is 9.12. The van der Waals surface area contributed by atoms with E-state index in [0.717, 1.165) is 0 Å². The number of hydrogen-bond acceptors (Lipinski definition) is 4. The van der Waals surface area contributed by atoms with Crippen molar-refractivity contribution in [3.8, 4) is 0 Å². The molecule has 1 rings (SSSR count). The van der Waals surface area contributed by atoms with Gasteiger partial charge in [-0.15, -0.1) is 0 Å². The lowest BCUT2D eigenvalue weighted by Crippen LogP contribution is -2.24. The van der Waals surface area contributed by atoms with E-state index in [4.69, 9.17) is 18.0 Å². The number of aliphatic hydroxyl groups excluding tert-OH is 2. The zero-order valence-corrected chi connectivity index (χ0v) is 7.39. The predicted octanol–water partition coefficient (Wildman–Crippen LogP) is -0.179. The van der Waals surface area contributed by atoms with Crippen LogP contribution in [0.15, 0.2) is 0 Å². The summed E-state index contributed by atoms with van der Waals surface area (Å²) in [6.45, 7) is -0.155. The van der Waals surface area contributed by atoms with Crippen LogP contribution in [-0.2, 0) is 7.80 Å². The van der Waals surface area contributed by atoms with Crippen molar-refractivity contribution in [1.82, 2.24) is 0 Å². The molecule has 0 radical (unpaired) electrons. The molecule has 0 aromatic carbocycles. The van der Waals surface area contributed by atoms with E-state index in [1.165, 1.54) is 0 Å². The van der Waals surface area contributed by atoms with E-state index in [1.54, 1.807) is 23.0 Å². The molecule has 10 heavy (non-hydrogen) atoms. The Hall–Kier alpha value is 0.570. The minimum atomic E-state index is -0.593. The van der Waals surface area contributed by atoms with Gasteiger partial charge in [0.15, 0.2) is 6.29 Å². The molecule has 1 aliphatic heterocycles. The molecule has 1 fully saturated rings. The Kier molecular flexibility index (Phi) is 3.31. The molecule has 0 spiro atoms. The highest BCUT2D eigenvalue weighted by Crippen LogP contribution is 2.22. The molecule has 0 aliphatic carbocycles. The molecule has 3 atom stereocenters. The van der Waals surface area contributed by atoms with Crippen molar-refractivity contribution in [2.75, 3.05) is 6.61 Å². The quantitative estimate of drug-likeness (QED) is 0.676. The van der Waals surface area contributed by atoms with E-state index in [-0.39, 0.29) is 12.9 Å². The third-order valence-electron chi connectivity index (χ3n) is 1.47. The monoisotopic (exact) mass is 260 g/mol. The third-order valence-corrected chi connectivity index (χ3v) is 2.04. The lowest BCUT2D eigenvalue weighted by molar-refractivity contribution is -0.0763. The van der Waals surface area contributed by atoms with Gasteiger partial charge in [-0.05, 0) is 0 Å². The van der Waals surface area contributed by atoms with E-state index >= 15 is 0 Å². The number of aliphatic hydroxyl groups is 2. The highest BCUT2D eigenvalue weighted by molar-refractivity contribution is 14.1. The summed E-state index contributed by atoms with van der Waals surface area (Å²) < 4.78 is 9.83. The van der Waals surface area contributed by atoms with Crippen LogP contribution in [0.5, 0.6) is 0 Å². The third kappa shape index (κ3) is 1.79. The molecule has 0 aromatic heterocycles. The minimum Gasteiger partial charge on any atom is -0.394 e. The molecule has 5 heteroatoms. The Balaban J connectivity index is 2.36. The van der Waals surface area contributed by atoms with Crippen molar-refractivity contribution in [3.63, 3.8) is 0 Å². The van der Waals surface area contributed by atoms with E-state index in [9.17, 15) is 0 Å². The fourth-order valence-electron chi connectivity index (χ4n) is 0.912. The summed E-state index contributed by atoms with van der Waals surface area (Å²) in [5.41, 5.74) is 0. The van der Waals surface area contributed by atoms with E-state index in [0.29, 0.717) is 6.42 Å². The molecule has 0 aromatic rings. The van der Waals surface area contributed by atoms with Gasteiger partial charge < -0.3 is 14.9 Å². The van der Waals surface area contributed by atoms with Gasteiger partial charge in [0.05, 0.1) is 12.7 Å². The van der Waals surface area contributed by atoms with Gasteiger partial charge in [0.2, 0.25) is 0 Å². The molecule has 0 saturated carbocycles. The van der Waals surface area contributed by atoms with Gasteiger partial charge in [0, 0.05) is 6.42 Å². The second kappa shape index (κ2) is 3.82. The average Bonchev–Trinajstić information content (AvgIpc) is 2.30. The van der Waals surface area contributed by atoms with Crippen molar-refractivity contribution in [2.45, 2.75) is 24.9 Å². The lowest BCUT2D eigenvalue weighted by Gasteiger charge is -2.08. The Bertz CT molecular complexity index is 110. The summed E-state index contributed by atoms with van der Waals surface area (Å²) in [5, 5.41) is 17.7. The maximum Gasteiger partial charge on any atom is 0.172 e. The van der Waals surface area contributed by atoms with Crippen molar-refractivity contribution in [2.24, 2.45) is 0 Å². The van der Waals surface area contributed by atoms with Gasteiger partial charge >= 0.3 is 0 Å². The van der Waals surface area contributed by atoms with E-state index in [1.807, 2.05) is 0 Å². The summed E-state index contributed by atoms with van der Waals surface area (Å²) in [6, 6.07) is 0. The Morgan fingerprint density at radius 1 is 1.70 bits per heavy atom. The molecule has 4 nitrogen and oxygen atoms in total.